The monoisotopic (exact) mass is 415 g/mol. The highest BCUT2D eigenvalue weighted by molar-refractivity contribution is 7.80. The molecule has 4 rings (SSSR count). The Labute approximate surface area is 172 Å². The van der Waals surface area contributed by atoms with Crippen molar-refractivity contribution in [2.24, 2.45) is 0 Å². The second-order valence-electron chi connectivity index (χ2n) is 6.32. The third kappa shape index (κ3) is 4.11. The zero-order valence-electron chi connectivity index (χ0n) is 14.9. The standard InChI is InChI=1S/C20H18ClN3O3S/c21-15-12-14(5-6-16(15)24-7-9-26-10-8-24)22-20(28)23-19(25)18-11-13-3-1-2-4-17(13)27-18/h1-6,11-12H,7-10H2,(H2,22,23,25,28). The van der Waals surface area contributed by atoms with Crippen LogP contribution in [0.15, 0.2) is 52.9 Å². The Balaban J connectivity index is 1.40. The van der Waals surface area contributed by atoms with E-state index in [1.165, 1.54) is 0 Å². The number of carbonyl (C=O) groups excluding carboxylic acids is 1. The maximum absolute atomic E-state index is 12.4. The van der Waals surface area contributed by atoms with Crippen LogP contribution in [0, 0.1) is 0 Å². The number of hydrogen-bond donors (Lipinski definition) is 2. The van der Waals surface area contributed by atoms with Gasteiger partial charge in [-0.25, -0.2) is 0 Å². The number of fused-ring (bicyclic) bond motifs is 1. The van der Waals surface area contributed by atoms with E-state index in [4.69, 9.17) is 33.0 Å². The van der Waals surface area contributed by atoms with Gasteiger partial charge in [-0.2, -0.15) is 0 Å². The lowest BCUT2D eigenvalue weighted by Gasteiger charge is -2.29. The molecule has 2 heterocycles. The Hall–Kier alpha value is -2.61. The van der Waals surface area contributed by atoms with Crippen molar-refractivity contribution in [3.63, 3.8) is 0 Å². The normalized spacial score (nSPS) is 14.1. The number of thiocarbonyl (C=S) groups is 1. The summed E-state index contributed by atoms with van der Waals surface area (Å²) in [6.45, 7) is 2.99. The summed E-state index contributed by atoms with van der Waals surface area (Å²) >= 11 is 11.7. The van der Waals surface area contributed by atoms with Crippen molar-refractivity contribution < 1.29 is 13.9 Å². The number of nitrogens with one attached hydrogen (secondary N) is 2. The van der Waals surface area contributed by atoms with Crippen LogP contribution < -0.4 is 15.5 Å². The van der Waals surface area contributed by atoms with E-state index in [2.05, 4.69) is 15.5 Å². The maximum Gasteiger partial charge on any atom is 0.293 e. The predicted octanol–water partition coefficient (Wildman–Crippen LogP) is 4.05. The first kappa shape index (κ1) is 18.7. The molecule has 2 N–H and O–H groups in total. The molecule has 0 bridgehead atoms. The molecule has 1 aliphatic heterocycles. The van der Waals surface area contributed by atoms with Gasteiger partial charge in [-0.15, -0.1) is 0 Å². The summed E-state index contributed by atoms with van der Waals surface area (Å²) in [5.74, 6) is -0.212. The maximum atomic E-state index is 12.4. The van der Waals surface area contributed by atoms with Gasteiger partial charge in [-0.05, 0) is 42.5 Å². The van der Waals surface area contributed by atoms with Crippen molar-refractivity contribution >= 4 is 57.2 Å². The second kappa shape index (κ2) is 8.18. The molecule has 1 aromatic heterocycles. The summed E-state index contributed by atoms with van der Waals surface area (Å²) in [6.07, 6.45) is 0. The first-order chi connectivity index (χ1) is 13.6. The molecule has 0 unspecified atom stereocenters. The molecule has 1 aliphatic rings. The van der Waals surface area contributed by atoms with Gasteiger partial charge in [0, 0.05) is 24.2 Å². The summed E-state index contributed by atoms with van der Waals surface area (Å²) in [4.78, 5) is 14.5. The number of ether oxygens (including phenoxy) is 1. The van der Waals surface area contributed by atoms with Gasteiger partial charge in [-0.1, -0.05) is 29.8 Å². The summed E-state index contributed by atoms with van der Waals surface area (Å²) in [6, 6.07) is 14.7. The molecule has 1 fully saturated rings. The van der Waals surface area contributed by atoms with Gasteiger partial charge in [0.05, 0.1) is 23.9 Å². The van der Waals surface area contributed by atoms with Crippen LogP contribution >= 0.6 is 23.8 Å². The summed E-state index contributed by atoms with van der Waals surface area (Å²) < 4.78 is 10.9. The number of carbonyl (C=O) groups is 1. The molecule has 0 atom stereocenters. The van der Waals surface area contributed by atoms with E-state index < -0.39 is 5.91 Å². The van der Waals surface area contributed by atoms with Gasteiger partial charge in [0.1, 0.15) is 5.58 Å². The molecule has 0 spiro atoms. The number of rotatable bonds is 3. The van der Waals surface area contributed by atoms with Crippen molar-refractivity contribution in [2.45, 2.75) is 0 Å². The first-order valence-electron chi connectivity index (χ1n) is 8.83. The van der Waals surface area contributed by atoms with E-state index in [1.54, 1.807) is 18.2 Å². The van der Waals surface area contributed by atoms with Crippen LogP contribution in [0.2, 0.25) is 5.02 Å². The van der Waals surface area contributed by atoms with E-state index >= 15 is 0 Å². The van der Waals surface area contributed by atoms with Crippen molar-refractivity contribution in [2.75, 3.05) is 36.5 Å². The molecule has 28 heavy (non-hydrogen) atoms. The Morgan fingerprint density at radius 2 is 1.89 bits per heavy atom. The predicted molar refractivity (Wildman–Crippen MR) is 114 cm³/mol. The fourth-order valence-corrected chi connectivity index (χ4v) is 3.58. The van der Waals surface area contributed by atoms with Gasteiger partial charge in [0.15, 0.2) is 10.9 Å². The number of benzene rings is 2. The number of morpholine rings is 1. The summed E-state index contributed by atoms with van der Waals surface area (Å²) in [5.41, 5.74) is 2.29. The van der Waals surface area contributed by atoms with Gasteiger partial charge >= 0.3 is 0 Å². The molecule has 6 nitrogen and oxygen atoms in total. The molecular formula is C20H18ClN3O3S. The number of para-hydroxylation sites is 1. The number of anilines is 2. The zero-order valence-corrected chi connectivity index (χ0v) is 16.5. The van der Waals surface area contributed by atoms with Crippen molar-refractivity contribution in [3.8, 4) is 0 Å². The fraction of sp³-hybridized carbons (Fsp3) is 0.200. The average molecular weight is 416 g/mol. The molecule has 1 amide bonds. The minimum Gasteiger partial charge on any atom is -0.451 e. The second-order valence-corrected chi connectivity index (χ2v) is 7.14. The van der Waals surface area contributed by atoms with Crippen molar-refractivity contribution in [1.29, 1.82) is 0 Å². The first-order valence-corrected chi connectivity index (χ1v) is 9.62. The van der Waals surface area contributed by atoms with Crippen molar-refractivity contribution in [3.05, 3.63) is 59.3 Å². The molecule has 8 heteroatoms. The van der Waals surface area contributed by atoms with Gasteiger partial charge in [0.25, 0.3) is 5.91 Å². The SMILES string of the molecule is O=C(NC(=S)Nc1ccc(N2CCOCC2)c(Cl)c1)c1cc2ccccc2o1. The van der Waals surface area contributed by atoms with Crippen LogP contribution in [-0.2, 0) is 4.74 Å². The molecule has 0 radical (unpaired) electrons. The highest BCUT2D eigenvalue weighted by atomic mass is 35.5. The minimum atomic E-state index is -0.412. The number of amides is 1. The fourth-order valence-electron chi connectivity index (χ4n) is 3.07. The largest absolute Gasteiger partial charge is 0.451 e. The smallest absolute Gasteiger partial charge is 0.293 e. The average Bonchev–Trinajstić information content (AvgIpc) is 3.13. The van der Waals surface area contributed by atoms with Gasteiger partial charge in [-0.3, -0.25) is 10.1 Å². The van der Waals surface area contributed by atoms with Crippen LogP contribution in [0.3, 0.4) is 0 Å². The number of nitrogens with zero attached hydrogens (tertiary/aromatic N) is 1. The van der Waals surface area contributed by atoms with E-state index in [0.29, 0.717) is 29.5 Å². The van der Waals surface area contributed by atoms with Crippen LogP contribution in [0.25, 0.3) is 11.0 Å². The Morgan fingerprint density at radius 3 is 2.64 bits per heavy atom. The molecule has 2 aromatic carbocycles. The highest BCUT2D eigenvalue weighted by Gasteiger charge is 2.16. The van der Waals surface area contributed by atoms with Crippen LogP contribution in [0.5, 0.6) is 0 Å². The quantitative estimate of drug-likeness (QED) is 0.629. The third-order valence-electron chi connectivity index (χ3n) is 4.43. The summed E-state index contributed by atoms with van der Waals surface area (Å²) in [5, 5.41) is 7.23. The van der Waals surface area contributed by atoms with Crippen LogP contribution in [-0.4, -0.2) is 37.3 Å². The lowest BCUT2D eigenvalue weighted by molar-refractivity contribution is 0.0953. The lowest BCUT2D eigenvalue weighted by atomic mass is 10.2. The van der Waals surface area contributed by atoms with E-state index in [9.17, 15) is 4.79 Å². The van der Waals surface area contributed by atoms with Crippen LogP contribution in [0.1, 0.15) is 10.6 Å². The Bertz CT molecular complexity index is 997. The van der Waals surface area contributed by atoms with E-state index in [-0.39, 0.29) is 10.9 Å². The molecule has 3 aromatic rings. The summed E-state index contributed by atoms with van der Waals surface area (Å²) in [7, 11) is 0. The molecule has 144 valence electrons. The lowest BCUT2D eigenvalue weighted by Crippen LogP contribution is -2.36. The number of hydrogen-bond acceptors (Lipinski definition) is 5. The third-order valence-corrected chi connectivity index (χ3v) is 4.94. The Kier molecular flexibility index (Phi) is 5.47. The van der Waals surface area contributed by atoms with E-state index in [1.807, 2.05) is 30.3 Å². The minimum absolute atomic E-state index is 0.167. The van der Waals surface area contributed by atoms with Crippen molar-refractivity contribution in [1.82, 2.24) is 5.32 Å². The van der Waals surface area contributed by atoms with E-state index in [0.717, 1.165) is 24.2 Å². The molecule has 0 aliphatic carbocycles. The molecule has 0 saturated carbocycles. The zero-order chi connectivity index (χ0) is 19.5. The number of halogens is 1. The number of furan rings is 1. The van der Waals surface area contributed by atoms with Crippen LogP contribution in [0.4, 0.5) is 11.4 Å². The molecule has 1 saturated heterocycles. The molecular weight excluding hydrogens is 398 g/mol. The highest BCUT2D eigenvalue weighted by Crippen LogP contribution is 2.29. The Morgan fingerprint density at radius 1 is 1.11 bits per heavy atom. The van der Waals surface area contributed by atoms with Gasteiger partial charge in [0.2, 0.25) is 0 Å². The topological polar surface area (TPSA) is 66.7 Å². The van der Waals surface area contributed by atoms with Gasteiger partial charge < -0.3 is 19.4 Å².